The molecule has 1 aromatic rings. The third-order valence-corrected chi connectivity index (χ3v) is 5.42. The first-order chi connectivity index (χ1) is 11.1. The molecular weight excluding hydrogens is 362 g/mol. The average Bonchev–Trinajstić information content (AvgIpc) is 3.05. The van der Waals surface area contributed by atoms with Crippen molar-refractivity contribution in [2.45, 2.75) is 50.8 Å². The second kappa shape index (κ2) is 7.01. The smallest absolute Gasteiger partial charge is 0.326 e. The Labute approximate surface area is 143 Å². The van der Waals surface area contributed by atoms with Crippen molar-refractivity contribution in [3.05, 3.63) is 33.8 Å². The molecule has 0 bridgehead atoms. The summed E-state index contributed by atoms with van der Waals surface area (Å²) in [4.78, 5) is 25.5. The van der Waals surface area contributed by atoms with E-state index in [-0.39, 0.29) is 18.6 Å². The Morgan fingerprint density at radius 3 is 2.74 bits per heavy atom. The molecule has 0 aromatic heterocycles. The van der Waals surface area contributed by atoms with Gasteiger partial charge in [-0.3, -0.25) is 4.79 Å². The minimum absolute atomic E-state index is 0.0300. The van der Waals surface area contributed by atoms with E-state index in [1.54, 1.807) is 0 Å². The van der Waals surface area contributed by atoms with Gasteiger partial charge in [0.15, 0.2) is 0 Å². The molecule has 0 saturated heterocycles. The summed E-state index contributed by atoms with van der Waals surface area (Å²) in [5, 5.41) is 9.50. The molecule has 1 unspecified atom stereocenters. The van der Waals surface area contributed by atoms with E-state index < -0.39 is 12.0 Å². The highest BCUT2D eigenvalue weighted by Crippen LogP contribution is 2.30. The minimum atomic E-state index is -0.972. The lowest BCUT2D eigenvalue weighted by Crippen LogP contribution is -2.50. The molecule has 1 amide bonds. The number of carbonyl (C=O) groups excluding carboxylic acids is 1. The molecule has 1 atom stereocenters. The molecule has 124 valence electrons. The van der Waals surface area contributed by atoms with Gasteiger partial charge in [0.1, 0.15) is 12.6 Å². The maximum Gasteiger partial charge on any atom is 0.326 e. The third kappa shape index (κ3) is 3.58. The van der Waals surface area contributed by atoms with Crippen LogP contribution >= 0.6 is 15.9 Å². The van der Waals surface area contributed by atoms with Gasteiger partial charge in [0.05, 0.1) is 6.10 Å². The van der Waals surface area contributed by atoms with Gasteiger partial charge in [-0.15, -0.1) is 0 Å². The van der Waals surface area contributed by atoms with Crippen LogP contribution in [0.5, 0.6) is 0 Å². The zero-order valence-electron chi connectivity index (χ0n) is 12.8. The number of hydrogen-bond donors (Lipinski definition) is 1. The largest absolute Gasteiger partial charge is 0.480 e. The first kappa shape index (κ1) is 16.5. The normalized spacial score (nSPS) is 21.3. The van der Waals surface area contributed by atoms with Crippen LogP contribution < -0.4 is 0 Å². The summed E-state index contributed by atoms with van der Waals surface area (Å²) in [6.45, 7) is 0.288. The summed E-state index contributed by atoms with van der Waals surface area (Å²) in [6.07, 6.45) is 4.73. The lowest BCUT2D eigenvalue weighted by Gasteiger charge is -2.35. The number of carbonyl (C=O) groups is 2. The van der Waals surface area contributed by atoms with Gasteiger partial charge in [0, 0.05) is 17.4 Å². The molecule has 1 aliphatic heterocycles. The number of ether oxygens (including phenoxy) is 1. The Morgan fingerprint density at radius 1 is 1.30 bits per heavy atom. The number of aliphatic carboxylic acids is 1. The van der Waals surface area contributed by atoms with Gasteiger partial charge in [-0.25, -0.2) is 4.79 Å². The number of fused-ring (bicyclic) bond motifs is 1. The highest BCUT2D eigenvalue weighted by Gasteiger charge is 2.35. The van der Waals surface area contributed by atoms with E-state index in [0.717, 1.165) is 41.3 Å². The number of halogens is 1. The molecule has 1 fully saturated rings. The molecule has 0 radical (unpaired) electrons. The van der Waals surface area contributed by atoms with E-state index in [0.29, 0.717) is 13.0 Å². The van der Waals surface area contributed by atoms with Crippen molar-refractivity contribution >= 4 is 27.8 Å². The maximum absolute atomic E-state index is 12.5. The Hall–Kier alpha value is -1.40. The van der Waals surface area contributed by atoms with Crippen LogP contribution in [0, 0.1) is 0 Å². The summed E-state index contributed by atoms with van der Waals surface area (Å²) in [5.41, 5.74) is 1.96. The predicted molar refractivity (Wildman–Crippen MR) is 88.0 cm³/mol. The fourth-order valence-electron chi connectivity index (χ4n) is 3.39. The van der Waals surface area contributed by atoms with Crippen LogP contribution in [-0.2, 0) is 27.3 Å². The average molecular weight is 382 g/mol. The van der Waals surface area contributed by atoms with Crippen LogP contribution in [-0.4, -0.2) is 40.6 Å². The monoisotopic (exact) mass is 381 g/mol. The van der Waals surface area contributed by atoms with Crippen LogP contribution in [0.1, 0.15) is 36.8 Å². The second-order valence-corrected chi connectivity index (χ2v) is 7.03. The summed E-state index contributed by atoms with van der Waals surface area (Å²) >= 11 is 3.47. The van der Waals surface area contributed by atoms with Gasteiger partial charge in [0.25, 0.3) is 0 Å². The number of hydrogen-bond acceptors (Lipinski definition) is 3. The number of amides is 1. The summed E-state index contributed by atoms with van der Waals surface area (Å²) in [6, 6.07) is 4.91. The number of carboxylic acid groups (broad SMARTS) is 1. The zero-order valence-corrected chi connectivity index (χ0v) is 14.4. The van der Waals surface area contributed by atoms with Crippen LogP contribution in [0.4, 0.5) is 0 Å². The van der Waals surface area contributed by atoms with Gasteiger partial charge in [0.2, 0.25) is 5.91 Å². The molecule has 1 N–H and O–H groups in total. The molecule has 0 spiro atoms. The molecule has 1 aliphatic carbocycles. The van der Waals surface area contributed by atoms with E-state index in [9.17, 15) is 14.7 Å². The van der Waals surface area contributed by atoms with Crippen LogP contribution in [0.3, 0.4) is 0 Å². The number of benzene rings is 1. The molecule has 1 saturated carbocycles. The molecule has 23 heavy (non-hydrogen) atoms. The summed E-state index contributed by atoms with van der Waals surface area (Å²) in [5.74, 6) is -1.21. The van der Waals surface area contributed by atoms with Gasteiger partial charge < -0.3 is 14.7 Å². The standard InChI is InChI=1S/C17H20BrNO4/c18-14-7-3-4-11-9-19(15(17(21)22)8-13(11)14)16(20)10-23-12-5-1-2-6-12/h3-4,7,12,15H,1-2,5-6,8-10H2,(H,21,22). The lowest BCUT2D eigenvalue weighted by atomic mass is 9.94. The van der Waals surface area contributed by atoms with Crippen LogP contribution in [0.25, 0.3) is 0 Å². The first-order valence-corrected chi connectivity index (χ1v) is 8.75. The highest BCUT2D eigenvalue weighted by atomic mass is 79.9. The van der Waals surface area contributed by atoms with E-state index in [2.05, 4.69) is 15.9 Å². The molecule has 1 aromatic carbocycles. The Morgan fingerprint density at radius 2 is 2.04 bits per heavy atom. The molecule has 1 heterocycles. The van der Waals surface area contributed by atoms with Crippen LogP contribution in [0.15, 0.2) is 22.7 Å². The second-order valence-electron chi connectivity index (χ2n) is 6.17. The van der Waals surface area contributed by atoms with Crippen molar-refractivity contribution in [3.63, 3.8) is 0 Å². The lowest BCUT2D eigenvalue weighted by molar-refractivity contribution is -0.154. The van der Waals surface area contributed by atoms with E-state index in [1.165, 1.54) is 4.90 Å². The zero-order chi connectivity index (χ0) is 16.4. The molecule has 3 rings (SSSR count). The van der Waals surface area contributed by atoms with Gasteiger partial charge >= 0.3 is 5.97 Å². The topological polar surface area (TPSA) is 66.8 Å². The van der Waals surface area contributed by atoms with Gasteiger partial charge in [-0.2, -0.15) is 0 Å². The van der Waals surface area contributed by atoms with Crippen LogP contribution in [0.2, 0.25) is 0 Å². The number of nitrogens with zero attached hydrogens (tertiary/aromatic N) is 1. The van der Waals surface area contributed by atoms with Gasteiger partial charge in [-0.05, 0) is 30.0 Å². The molecule has 5 nitrogen and oxygen atoms in total. The Bertz CT molecular complexity index is 613. The van der Waals surface area contributed by atoms with Crippen molar-refractivity contribution in [1.82, 2.24) is 4.90 Å². The predicted octanol–water partition coefficient (Wildman–Crippen LogP) is 2.75. The first-order valence-electron chi connectivity index (χ1n) is 7.96. The minimum Gasteiger partial charge on any atom is -0.480 e. The number of rotatable bonds is 4. The fraction of sp³-hybridized carbons (Fsp3) is 0.529. The Balaban J connectivity index is 1.73. The Kier molecular flexibility index (Phi) is 5.02. The van der Waals surface area contributed by atoms with E-state index in [1.807, 2.05) is 18.2 Å². The highest BCUT2D eigenvalue weighted by molar-refractivity contribution is 9.10. The summed E-state index contributed by atoms with van der Waals surface area (Å²) in [7, 11) is 0. The van der Waals surface area contributed by atoms with E-state index >= 15 is 0 Å². The fourth-order valence-corrected chi connectivity index (χ4v) is 3.96. The molecule has 6 heteroatoms. The van der Waals surface area contributed by atoms with Crippen molar-refractivity contribution in [2.24, 2.45) is 0 Å². The molecular formula is C17H20BrNO4. The van der Waals surface area contributed by atoms with Crippen molar-refractivity contribution in [3.8, 4) is 0 Å². The van der Waals surface area contributed by atoms with E-state index in [4.69, 9.17) is 4.74 Å². The molecule has 2 aliphatic rings. The summed E-state index contributed by atoms with van der Waals surface area (Å²) < 4.78 is 6.56. The quantitative estimate of drug-likeness (QED) is 0.870. The van der Waals surface area contributed by atoms with Crippen molar-refractivity contribution in [2.75, 3.05) is 6.61 Å². The van der Waals surface area contributed by atoms with Crippen molar-refractivity contribution in [1.29, 1.82) is 0 Å². The van der Waals surface area contributed by atoms with Gasteiger partial charge in [-0.1, -0.05) is 40.9 Å². The SMILES string of the molecule is O=C(O)C1Cc2c(Br)cccc2CN1C(=O)COC1CCCC1. The third-order valence-electron chi connectivity index (χ3n) is 4.68. The van der Waals surface area contributed by atoms with Crippen molar-refractivity contribution < 1.29 is 19.4 Å². The maximum atomic E-state index is 12.5. The number of carboxylic acids is 1.